The predicted molar refractivity (Wildman–Crippen MR) is 96.7 cm³/mol. The van der Waals surface area contributed by atoms with Crippen LogP contribution in [-0.2, 0) is 11.1 Å². The molecule has 0 saturated heterocycles. The van der Waals surface area contributed by atoms with Crippen LogP contribution >= 0.6 is 0 Å². The van der Waals surface area contributed by atoms with Crippen LogP contribution in [0, 0.1) is 0 Å². The average molecular weight is 351 g/mol. The van der Waals surface area contributed by atoms with Crippen molar-refractivity contribution in [1.82, 2.24) is 0 Å². The van der Waals surface area contributed by atoms with E-state index < -0.39 is 4.68 Å². The van der Waals surface area contributed by atoms with Gasteiger partial charge in [0.05, 0.1) is 0 Å². The maximum atomic E-state index is 9.06. The van der Waals surface area contributed by atoms with E-state index in [4.69, 9.17) is 8.42 Å². The first-order chi connectivity index (χ1) is 10.7. The fourth-order valence-electron chi connectivity index (χ4n) is 2.46. The molecule has 0 unspecified atom stereocenters. The van der Waals surface area contributed by atoms with E-state index in [1.54, 1.807) is 0 Å². The molecule has 0 atom stereocenters. The Morgan fingerprint density at radius 3 is 1.64 bits per heavy atom. The Kier molecular flexibility index (Phi) is 17.9. The molecule has 1 rings (SSSR count). The van der Waals surface area contributed by atoms with E-state index in [0.717, 1.165) is 0 Å². The van der Waals surface area contributed by atoms with Gasteiger partial charge in [-0.15, -0.1) is 0 Å². The maximum absolute atomic E-state index is 9.06. The Hall–Kier alpha value is 0.300. The van der Waals surface area contributed by atoms with Gasteiger partial charge in [0, 0.05) is 0 Å². The molecule has 1 aromatic rings. The van der Waals surface area contributed by atoms with Crippen molar-refractivity contribution in [3.8, 4) is 0 Å². The van der Waals surface area contributed by atoms with Gasteiger partial charge in [0.25, 0.3) is 0 Å². The molecule has 1 aromatic carbocycles. The summed E-state index contributed by atoms with van der Waals surface area (Å²) in [6, 6.07) is 10.9. The van der Waals surface area contributed by atoms with E-state index in [9.17, 15) is 0 Å². The third-order valence-electron chi connectivity index (χ3n) is 3.66. The minimum absolute atomic E-state index is 0.347. The molecular weight excluding hydrogens is 320 g/mol. The molecule has 0 aromatic heterocycles. The number of hydrogen-bond acceptors (Lipinski definition) is 2. The number of rotatable bonds is 11. The van der Waals surface area contributed by atoms with Crippen molar-refractivity contribution in [3.63, 3.8) is 0 Å². The van der Waals surface area contributed by atoms with Gasteiger partial charge in [0.2, 0.25) is 0 Å². The summed E-state index contributed by atoms with van der Waals surface area (Å²) in [5, 5.41) is 0. The Balaban J connectivity index is 0.000000980. The van der Waals surface area contributed by atoms with E-state index in [2.05, 4.69) is 37.3 Å². The van der Waals surface area contributed by atoms with Gasteiger partial charge in [0.1, 0.15) is 0 Å². The molecule has 0 amide bonds. The van der Waals surface area contributed by atoms with Crippen LogP contribution < -0.4 is 0 Å². The summed E-state index contributed by atoms with van der Waals surface area (Å²) >= 11 is 0.347. The molecule has 0 aliphatic heterocycles. The van der Waals surface area contributed by atoms with Crippen molar-refractivity contribution in [1.29, 1.82) is 0 Å². The van der Waals surface area contributed by atoms with Crippen LogP contribution in [0.2, 0.25) is 0 Å². The van der Waals surface area contributed by atoms with Crippen molar-refractivity contribution < 1.29 is 8.42 Å². The van der Waals surface area contributed by atoms with Crippen molar-refractivity contribution in [2.24, 2.45) is 0 Å². The van der Waals surface area contributed by atoms with E-state index >= 15 is 0 Å². The SMILES string of the molecule is CCCCCCCCCCCCc1ccccc1.O=[S](=O)=[Ca]. The molecule has 0 bridgehead atoms. The molecule has 0 saturated carbocycles. The molecule has 0 N–H and O–H groups in total. The first-order valence-corrected chi connectivity index (χ1v) is 12.5. The Bertz CT molecular complexity index is 435. The zero-order valence-corrected chi connectivity index (χ0v) is 17.1. The Morgan fingerprint density at radius 2 is 1.18 bits per heavy atom. The third-order valence-corrected chi connectivity index (χ3v) is 3.66. The van der Waals surface area contributed by atoms with Gasteiger partial charge in [-0.3, -0.25) is 0 Å². The van der Waals surface area contributed by atoms with E-state index in [1.165, 1.54) is 76.2 Å². The molecule has 2 nitrogen and oxygen atoms in total. The molecule has 22 heavy (non-hydrogen) atoms. The van der Waals surface area contributed by atoms with Crippen LogP contribution in [0.15, 0.2) is 30.3 Å². The zero-order valence-electron chi connectivity index (χ0n) is 14.1. The number of benzene rings is 1. The summed E-state index contributed by atoms with van der Waals surface area (Å²) in [4.78, 5) is 0. The normalized spacial score (nSPS) is 9.95. The minimum atomic E-state index is -1.74. The van der Waals surface area contributed by atoms with E-state index in [0.29, 0.717) is 33.3 Å². The molecule has 0 aliphatic carbocycles. The quantitative estimate of drug-likeness (QED) is 0.411. The van der Waals surface area contributed by atoms with Crippen LogP contribution in [0.3, 0.4) is 0 Å². The van der Waals surface area contributed by atoms with Crippen LogP contribution in [0.5, 0.6) is 0 Å². The summed E-state index contributed by atoms with van der Waals surface area (Å²) < 4.78 is 16.4. The van der Waals surface area contributed by atoms with Crippen molar-refractivity contribution in [2.45, 2.75) is 77.6 Å². The third kappa shape index (κ3) is 18.3. The van der Waals surface area contributed by atoms with E-state index in [1.807, 2.05) is 0 Å². The zero-order chi connectivity index (χ0) is 16.5. The molecule has 0 aliphatic rings. The van der Waals surface area contributed by atoms with Crippen molar-refractivity contribution in [3.05, 3.63) is 35.9 Å². The average Bonchev–Trinajstić information content (AvgIpc) is 2.50. The van der Waals surface area contributed by atoms with Gasteiger partial charge in [-0.2, -0.15) is 0 Å². The van der Waals surface area contributed by atoms with Crippen molar-refractivity contribution >= 4 is 38.0 Å². The van der Waals surface area contributed by atoms with Gasteiger partial charge in [-0.25, -0.2) is 0 Å². The monoisotopic (exact) mass is 350 g/mol. The molecule has 4 heteroatoms. The second-order valence-corrected chi connectivity index (χ2v) is 8.54. The molecule has 0 spiro atoms. The first kappa shape index (κ1) is 22.3. The fraction of sp³-hybridized carbons (Fsp3) is 0.667. The standard InChI is InChI=1S/C18H30.Ca.O2S/c1-2-3-4-5-6-7-8-9-10-12-15-18-16-13-11-14-17-18;;1-3-2/h11,13-14,16-17H,2-10,12,15H2,1H3;;. The van der Waals surface area contributed by atoms with Crippen LogP contribution in [0.4, 0.5) is 0 Å². The topological polar surface area (TPSA) is 34.1 Å². The summed E-state index contributed by atoms with van der Waals surface area (Å²) in [7, 11) is 0. The molecule has 0 fully saturated rings. The summed E-state index contributed by atoms with van der Waals surface area (Å²) in [5.41, 5.74) is 1.50. The first-order valence-electron chi connectivity index (χ1n) is 8.59. The number of unbranched alkanes of at least 4 members (excludes halogenated alkanes) is 9. The van der Waals surface area contributed by atoms with Crippen LogP contribution in [-0.4, -0.2) is 41.7 Å². The Labute approximate surface area is 158 Å². The second kappa shape index (κ2) is 17.7. The summed E-state index contributed by atoms with van der Waals surface area (Å²) in [5.74, 6) is 0. The number of aryl methyl sites for hydroxylation is 1. The van der Waals surface area contributed by atoms with Gasteiger partial charge in [-0.1, -0.05) is 95.0 Å². The summed E-state index contributed by atoms with van der Waals surface area (Å²) in [6.07, 6.45) is 15.5. The van der Waals surface area contributed by atoms with Gasteiger partial charge in [0.15, 0.2) is 0 Å². The molecular formula is C18H30CaO2S. The van der Waals surface area contributed by atoms with Gasteiger partial charge >= 0.3 is 46.4 Å². The summed E-state index contributed by atoms with van der Waals surface area (Å²) in [6.45, 7) is 2.28. The number of hydrogen-bond donors (Lipinski definition) is 0. The molecule has 0 radical (unpaired) electrons. The molecule has 0 heterocycles. The van der Waals surface area contributed by atoms with Crippen molar-refractivity contribution in [2.75, 3.05) is 0 Å². The van der Waals surface area contributed by atoms with Crippen LogP contribution in [0.1, 0.15) is 76.7 Å². The van der Waals surface area contributed by atoms with E-state index in [-0.39, 0.29) is 0 Å². The second-order valence-electron chi connectivity index (χ2n) is 5.72. The Morgan fingerprint density at radius 1 is 0.773 bits per heavy atom. The van der Waals surface area contributed by atoms with Crippen LogP contribution in [0.25, 0.3) is 0 Å². The van der Waals surface area contributed by atoms with Gasteiger partial charge in [-0.05, 0) is 18.4 Å². The fourth-order valence-corrected chi connectivity index (χ4v) is 2.46. The van der Waals surface area contributed by atoms with Gasteiger partial charge < -0.3 is 0 Å². The molecule has 122 valence electrons. The predicted octanol–water partition coefficient (Wildman–Crippen LogP) is 5.10.